The highest BCUT2D eigenvalue weighted by Crippen LogP contribution is 2.67. The maximum absolute atomic E-state index is 10.8. The third-order valence-corrected chi connectivity index (χ3v) is 15.0. The van der Waals surface area contributed by atoms with Gasteiger partial charge >= 0.3 is 0 Å². The second-order valence-corrected chi connectivity index (χ2v) is 17.8. The first-order valence-corrected chi connectivity index (χ1v) is 14.8. The van der Waals surface area contributed by atoms with Crippen molar-refractivity contribution in [3.05, 3.63) is 23.8 Å². The molecule has 0 spiro atoms. The van der Waals surface area contributed by atoms with Crippen LogP contribution in [0.1, 0.15) is 86.1 Å². The predicted octanol–water partition coefficient (Wildman–Crippen LogP) is 6.58. The summed E-state index contributed by atoms with van der Waals surface area (Å²) in [5.41, 5.74) is 1.73. The molecule has 0 saturated carbocycles. The first kappa shape index (κ1) is 25.0. The van der Waals surface area contributed by atoms with Crippen LogP contribution in [0.2, 0.25) is 15.6 Å². The molecule has 1 N–H and O–H groups in total. The van der Waals surface area contributed by atoms with Crippen LogP contribution < -0.4 is 9.47 Å². The molecule has 0 radical (unpaired) electrons. The Morgan fingerprint density at radius 1 is 0.939 bits per heavy atom. The topological polar surface area (TPSA) is 57.2 Å². The van der Waals surface area contributed by atoms with Gasteiger partial charge in [-0.25, -0.2) is 0 Å². The quantitative estimate of drug-likeness (QED) is 0.356. The van der Waals surface area contributed by atoms with Crippen LogP contribution in [0, 0.1) is 5.92 Å². The number of unbranched alkanes of at least 4 members (excludes halogenated alkanes) is 3. The highest BCUT2D eigenvalue weighted by molar-refractivity contribution is 6.81. The molecule has 3 aliphatic heterocycles. The van der Waals surface area contributed by atoms with Crippen LogP contribution in [0.3, 0.4) is 0 Å². The zero-order valence-corrected chi connectivity index (χ0v) is 22.6. The molecule has 3 heterocycles. The fraction of sp³-hybridized carbons (Fsp3) is 0.778. The monoisotopic (exact) mass is 476 g/mol. The number of rotatable bonds is 7. The molecule has 5 atom stereocenters. The molecule has 0 aromatic heterocycles. The minimum Gasteiger partial charge on any atom is -0.454 e. The standard InChI is InChI=1S/C27H44O5Si/c1-18-24-23(25(28)31-18)22(33(32-24,26(2,3)4)27(5,6)7)13-11-9-8-10-12-19-14-15-20-21(16-19)30-17-29-20/h14-16,18,22-25,28H,8-13,17H2,1-7H3/t18-,22+,23-,24-,25-/m0/s1. The van der Waals surface area contributed by atoms with E-state index in [1.807, 2.05) is 6.07 Å². The lowest BCUT2D eigenvalue weighted by atomic mass is 9.93. The Morgan fingerprint density at radius 3 is 2.30 bits per heavy atom. The maximum Gasteiger partial charge on any atom is 0.231 e. The highest BCUT2D eigenvalue weighted by atomic mass is 28.4. The van der Waals surface area contributed by atoms with Gasteiger partial charge in [-0.15, -0.1) is 0 Å². The highest BCUT2D eigenvalue weighted by Gasteiger charge is 2.70. The van der Waals surface area contributed by atoms with Crippen molar-refractivity contribution < 1.29 is 23.7 Å². The van der Waals surface area contributed by atoms with Gasteiger partial charge in [-0.3, -0.25) is 0 Å². The van der Waals surface area contributed by atoms with Crippen molar-refractivity contribution in [1.29, 1.82) is 0 Å². The molecular formula is C27H44O5Si. The van der Waals surface area contributed by atoms with Crippen molar-refractivity contribution in [3.8, 4) is 11.5 Å². The summed E-state index contributed by atoms with van der Waals surface area (Å²) < 4.78 is 23.9. The second kappa shape index (κ2) is 9.18. The molecule has 33 heavy (non-hydrogen) atoms. The molecule has 0 bridgehead atoms. The van der Waals surface area contributed by atoms with Gasteiger partial charge in [0.25, 0.3) is 0 Å². The van der Waals surface area contributed by atoms with Gasteiger partial charge < -0.3 is 23.7 Å². The molecular weight excluding hydrogens is 432 g/mol. The summed E-state index contributed by atoms with van der Waals surface area (Å²) in [6.45, 7) is 16.6. The van der Waals surface area contributed by atoms with E-state index < -0.39 is 14.6 Å². The minimum absolute atomic E-state index is 0.0288. The van der Waals surface area contributed by atoms with Gasteiger partial charge in [0.1, 0.15) is 0 Å². The Balaban J connectivity index is 1.37. The van der Waals surface area contributed by atoms with Crippen molar-refractivity contribution in [3.63, 3.8) is 0 Å². The van der Waals surface area contributed by atoms with Gasteiger partial charge in [-0.05, 0) is 53.1 Å². The molecule has 4 rings (SSSR count). The van der Waals surface area contributed by atoms with Crippen LogP contribution in [-0.4, -0.2) is 38.7 Å². The summed E-state index contributed by atoms with van der Waals surface area (Å²) in [6, 6.07) is 6.29. The van der Waals surface area contributed by atoms with Gasteiger partial charge in [0.2, 0.25) is 15.1 Å². The summed E-state index contributed by atoms with van der Waals surface area (Å²) in [5.74, 6) is 1.84. The first-order chi connectivity index (χ1) is 15.5. The number of hydrogen-bond donors (Lipinski definition) is 1. The molecule has 3 aliphatic rings. The molecule has 1 aromatic carbocycles. The maximum atomic E-state index is 10.8. The molecule has 0 aliphatic carbocycles. The Hall–Kier alpha value is -1.08. The fourth-order valence-electron chi connectivity index (χ4n) is 7.17. The van der Waals surface area contributed by atoms with E-state index >= 15 is 0 Å². The summed E-state index contributed by atoms with van der Waals surface area (Å²) in [5, 5.41) is 11.0. The zero-order chi connectivity index (χ0) is 24.0. The number of aliphatic hydroxyl groups is 1. The summed E-state index contributed by atoms with van der Waals surface area (Å²) >= 11 is 0. The van der Waals surface area contributed by atoms with E-state index in [9.17, 15) is 5.11 Å². The van der Waals surface area contributed by atoms with E-state index in [0.29, 0.717) is 12.3 Å². The van der Waals surface area contributed by atoms with Gasteiger partial charge in [-0.2, -0.15) is 0 Å². The van der Waals surface area contributed by atoms with Crippen molar-refractivity contribution in [2.45, 2.75) is 121 Å². The van der Waals surface area contributed by atoms with E-state index in [0.717, 1.165) is 24.3 Å². The number of benzene rings is 1. The van der Waals surface area contributed by atoms with Gasteiger partial charge in [-0.1, -0.05) is 73.3 Å². The molecule has 0 unspecified atom stereocenters. The van der Waals surface area contributed by atoms with Crippen molar-refractivity contribution in [2.75, 3.05) is 6.79 Å². The van der Waals surface area contributed by atoms with Gasteiger partial charge in [0, 0.05) is 5.92 Å². The third-order valence-electron chi connectivity index (χ3n) is 8.23. The number of hydrogen-bond acceptors (Lipinski definition) is 5. The van der Waals surface area contributed by atoms with Crippen molar-refractivity contribution >= 4 is 8.32 Å². The predicted molar refractivity (Wildman–Crippen MR) is 133 cm³/mol. The van der Waals surface area contributed by atoms with Crippen LogP contribution in [0.5, 0.6) is 11.5 Å². The Labute approximate surface area is 201 Å². The normalized spacial score (nSPS) is 30.6. The largest absolute Gasteiger partial charge is 0.454 e. The Morgan fingerprint density at radius 2 is 1.61 bits per heavy atom. The van der Waals surface area contributed by atoms with Crippen molar-refractivity contribution in [2.24, 2.45) is 5.92 Å². The number of fused-ring (bicyclic) bond motifs is 2. The van der Waals surface area contributed by atoms with Gasteiger partial charge in [0.05, 0.1) is 12.2 Å². The lowest BCUT2D eigenvalue weighted by Crippen LogP contribution is -2.56. The van der Waals surface area contributed by atoms with E-state index in [4.69, 9.17) is 18.6 Å². The molecule has 0 amide bonds. The smallest absolute Gasteiger partial charge is 0.231 e. The lowest BCUT2D eigenvalue weighted by molar-refractivity contribution is -0.107. The summed E-state index contributed by atoms with van der Waals surface area (Å²) in [6.07, 6.45) is 6.28. The SMILES string of the molecule is C[C@@H]1O[C@H](O)[C@@H]2[C@H]1O[Si](C(C)(C)C)(C(C)(C)C)[C@@H]2CCCCCCc1ccc2c(c1)OCO2. The Bertz CT molecular complexity index is 813. The molecule has 6 heteroatoms. The van der Waals surface area contributed by atoms with E-state index in [1.54, 1.807) is 0 Å². The van der Waals surface area contributed by atoms with E-state index in [2.05, 4.69) is 60.6 Å². The Kier molecular flexibility index (Phi) is 6.96. The average molecular weight is 477 g/mol. The van der Waals surface area contributed by atoms with E-state index in [-0.39, 0.29) is 28.2 Å². The lowest BCUT2D eigenvalue weighted by Gasteiger charge is -2.52. The summed E-state index contributed by atoms with van der Waals surface area (Å²) in [7, 11) is -2.24. The zero-order valence-electron chi connectivity index (χ0n) is 21.6. The van der Waals surface area contributed by atoms with Crippen LogP contribution in [0.15, 0.2) is 18.2 Å². The molecule has 1 aromatic rings. The molecule has 2 saturated heterocycles. The van der Waals surface area contributed by atoms with Crippen molar-refractivity contribution in [1.82, 2.24) is 0 Å². The molecule has 5 nitrogen and oxygen atoms in total. The van der Waals surface area contributed by atoms with Crippen LogP contribution in [0.25, 0.3) is 0 Å². The average Bonchev–Trinajstić information content (AvgIpc) is 3.38. The van der Waals surface area contributed by atoms with Crippen LogP contribution >= 0.6 is 0 Å². The van der Waals surface area contributed by atoms with Gasteiger partial charge in [0.15, 0.2) is 17.8 Å². The van der Waals surface area contributed by atoms with Crippen LogP contribution in [0.4, 0.5) is 0 Å². The van der Waals surface area contributed by atoms with E-state index in [1.165, 1.54) is 31.2 Å². The number of aliphatic hydroxyl groups excluding tert-OH is 1. The summed E-state index contributed by atoms with van der Waals surface area (Å²) in [4.78, 5) is 0. The fourth-order valence-corrected chi connectivity index (χ4v) is 14.8. The minimum atomic E-state index is -2.24. The molecule has 2 fully saturated rings. The molecule has 186 valence electrons. The van der Waals surface area contributed by atoms with Crippen LogP contribution in [-0.2, 0) is 15.6 Å². The second-order valence-electron chi connectivity index (χ2n) is 12.4. The first-order valence-electron chi connectivity index (χ1n) is 12.9. The number of aryl methyl sites for hydroxylation is 1. The number of ether oxygens (including phenoxy) is 3. The third kappa shape index (κ3) is 4.49.